The van der Waals surface area contributed by atoms with Crippen LogP contribution in [0.15, 0.2) is 36.9 Å². The largest absolute Gasteiger partial charge is 0.399 e. The lowest BCUT2D eigenvalue weighted by atomic mass is 10.3. The summed E-state index contributed by atoms with van der Waals surface area (Å²) in [6.07, 6.45) is 1.61. The molecule has 0 bridgehead atoms. The molecule has 1 rings (SSSR count). The molecule has 0 radical (unpaired) electrons. The van der Waals surface area contributed by atoms with Crippen LogP contribution in [0.5, 0.6) is 0 Å². The maximum Gasteiger partial charge on any atom is 0.319 e. The standard InChI is InChI=1S/C10H13N3O/c1-2-7-12-10(14)13-9-5-3-8(11)4-6-9/h2-6H,1,7,11H2,(H2,12,13,14). The van der Waals surface area contributed by atoms with Gasteiger partial charge in [0, 0.05) is 17.9 Å². The molecule has 4 N–H and O–H groups in total. The van der Waals surface area contributed by atoms with Gasteiger partial charge in [-0.3, -0.25) is 0 Å². The number of benzene rings is 1. The smallest absolute Gasteiger partial charge is 0.319 e. The van der Waals surface area contributed by atoms with E-state index in [2.05, 4.69) is 17.2 Å². The minimum absolute atomic E-state index is 0.255. The molecule has 0 aliphatic heterocycles. The van der Waals surface area contributed by atoms with Crippen molar-refractivity contribution in [2.75, 3.05) is 17.6 Å². The van der Waals surface area contributed by atoms with Crippen LogP contribution >= 0.6 is 0 Å². The number of rotatable bonds is 3. The number of nitrogens with two attached hydrogens (primary N) is 1. The number of urea groups is 1. The van der Waals surface area contributed by atoms with Crippen LogP contribution in [0.2, 0.25) is 0 Å². The van der Waals surface area contributed by atoms with Gasteiger partial charge in [0.2, 0.25) is 0 Å². The molecule has 74 valence electrons. The Morgan fingerprint density at radius 2 is 2.07 bits per heavy atom. The van der Waals surface area contributed by atoms with Crippen molar-refractivity contribution in [3.63, 3.8) is 0 Å². The average Bonchev–Trinajstić information content (AvgIpc) is 2.18. The van der Waals surface area contributed by atoms with Crippen molar-refractivity contribution in [3.05, 3.63) is 36.9 Å². The van der Waals surface area contributed by atoms with Crippen molar-refractivity contribution in [1.82, 2.24) is 5.32 Å². The molecule has 14 heavy (non-hydrogen) atoms. The third kappa shape index (κ3) is 3.18. The lowest BCUT2D eigenvalue weighted by molar-refractivity contribution is 0.253. The van der Waals surface area contributed by atoms with E-state index in [9.17, 15) is 4.79 Å². The predicted molar refractivity (Wildman–Crippen MR) is 58.1 cm³/mol. The van der Waals surface area contributed by atoms with Crippen LogP contribution in [0, 0.1) is 0 Å². The minimum atomic E-state index is -0.255. The SMILES string of the molecule is C=CCNC(=O)Nc1ccc(N)cc1. The molecule has 0 fully saturated rings. The van der Waals surface area contributed by atoms with E-state index < -0.39 is 0 Å². The second-order valence-corrected chi connectivity index (χ2v) is 2.75. The van der Waals surface area contributed by atoms with E-state index in [0.717, 1.165) is 0 Å². The van der Waals surface area contributed by atoms with E-state index in [0.29, 0.717) is 17.9 Å². The molecule has 0 aliphatic carbocycles. The van der Waals surface area contributed by atoms with Gasteiger partial charge in [0.25, 0.3) is 0 Å². The van der Waals surface area contributed by atoms with E-state index in [4.69, 9.17) is 5.73 Å². The Morgan fingerprint density at radius 1 is 1.43 bits per heavy atom. The van der Waals surface area contributed by atoms with Gasteiger partial charge >= 0.3 is 6.03 Å². The van der Waals surface area contributed by atoms with Crippen molar-refractivity contribution < 1.29 is 4.79 Å². The maximum absolute atomic E-state index is 11.2. The Bertz CT molecular complexity index is 319. The molecule has 0 aromatic heterocycles. The molecule has 0 heterocycles. The number of anilines is 2. The molecule has 0 atom stereocenters. The van der Waals surface area contributed by atoms with Crippen LogP contribution in [0.25, 0.3) is 0 Å². The number of hydrogen-bond acceptors (Lipinski definition) is 2. The lowest BCUT2D eigenvalue weighted by Gasteiger charge is -2.05. The zero-order valence-electron chi connectivity index (χ0n) is 7.79. The van der Waals surface area contributed by atoms with Gasteiger partial charge in [0.1, 0.15) is 0 Å². The molecule has 0 spiro atoms. The maximum atomic E-state index is 11.2. The Hall–Kier alpha value is -1.97. The summed E-state index contributed by atoms with van der Waals surface area (Å²) in [7, 11) is 0. The number of carbonyl (C=O) groups excluding carboxylic acids is 1. The highest BCUT2D eigenvalue weighted by Gasteiger charge is 1.98. The molecule has 1 aromatic rings. The molecular formula is C10H13N3O. The molecule has 4 heteroatoms. The van der Waals surface area contributed by atoms with Crippen molar-refractivity contribution in [2.24, 2.45) is 0 Å². The Labute approximate surface area is 82.8 Å². The van der Waals surface area contributed by atoms with Crippen LogP contribution in [0.1, 0.15) is 0 Å². The van der Waals surface area contributed by atoms with E-state index in [1.54, 1.807) is 30.3 Å². The first-order valence-electron chi connectivity index (χ1n) is 4.23. The van der Waals surface area contributed by atoms with Crippen molar-refractivity contribution in [1.29, 1.82) is 0 Å². The van der Waals surface area contributed by atoms with Gasteiger partial charge in [0.15, 0.2) is 0 Å². The fraction of sp³-hybridized carbons (Fsp3) is 0.100. The fourth-order valence-corrected chi connectivity index (χ4v) is 0.907. The Kier molecular flexibility index (Phi) is 3.55. The quantitative estimate of drug-likeness (QED) is 0.501. The van der Waals surface area contributed by atoms with E-state index in [1.807, 2.05) is 0 Å². The van der Waals surface area contributed by atoms with Crippen LogP contribution in [0.4, 0.5) is 16.2 Å². The van der Waals surface area contributed by atoms with Crippen molar-refractivity contribution in [2.45, 2.75) is 0 Å². The number of nitrogens with one attached hydrogen (secondary N) is 2. The summed E-state index contributed by atoms with van der Waals surface area (Å²) in [5, 5.41) is 5.25. The predicted octanol–water partition coefficient (Wildman–Crippen LogP) is 1.58. The van der Waals surface area contributed by atoms with Gasteiger partial charge in [0.05, 0.1) is 0 Å². The summed E-state index contributed by atoms with van der Waals surface area (Å²) in [5.74, 6) is 0. The van der Waals surface area contributed by atoms with Gasteiger partial charge in [-0.1, -0.05) is 6.08 Å². The average molecular weight is 191 g/mol. The molecule has 0 saturated carbocycles. The second-order valence-electron chi connectivity index (χ2n) is 2.75. The second kappa shape index (κ2) is 4.91. The summed E-state index contributed by atoms with van der Waals surface area (Å²) in [6.45, 7) is 3.94. The molecule has 1 aromatic carbocycles. The topological polar surface area (TPSA) is 67.2 Å². The fourth-order valence-electron chi connectivity index (χ4n) is 0.907. The Morgan fingerprint density at radius 3 is 2.64 bits per heavy atom. The van der Waals surface area contributed by atoms with Gasteiger partial charge in [-0.25, -0.2) is 4.79 Å². The summed E-state index contributed by atoms with van der Waals surface area (Å²) in [6, 6.07) is 6.67. The zero-order chi connectivity index (χ0) is 10.4. The van der Waals surface area contributed by atoms with Crippen molar-refractivity contribution >= 4 is 17.4 Å². The van der Waals surface area contributed by atoms with Crippen LogP contribution in [0.3, 0.4) is 0 Å². The summed E-state index contributed by atoms with van der Waals surface area (Å²) >= 11 is 0. The van der Waals surface area contributed by atoms with Gasteiger partial charge in [-0.15, -0.1) is 6.58 Å². The number of amides is 2. The van der Waals surface area contributed by atoms with Gasteiger partial charge in [-0.05, 0) is 24.3 Å². The monoisotopic (exact) mass is 191 g/mol. The third-order valence-electron chi connectivity index (χ3n) is 1.58. The normalized spacial score (nSPS) is 9.14. The van der Waals surface area contributed by atoms with Crippen molar-refractivity contribution in [3.8, 4) is 0 Å². The number of hydrogen-bond donors (Lipinski definition) is 3. The highest BCUT2D eigenvalue weighted by molar-refractivity contribution is 5.89. The molecular weight excluding hydrogens is 178 g/mol. The Balaban J connectivity index is 2.47. The van der Waals surface area contributed by atoms with Gasteiger partial charge < -0.3 is 16.4 Å². The van der Waals surface area contributed by atoms with Gasteiger partial charge in [-0.2, -0.15) is 0 Å². The summed E-state index contributed by atoms with van der Waals surface area (Å²) < 4.78 is 0. The first-order valence-corrected chi connectivity index (χ1v) is 4.23. The first-order chi connectivity index (χ1) is 6.72. The molecule has 4 nitrogen and oxygen atoms in total. The van der Waals surface area contributed by atoms with E-state index >= 15 is 0 Å². The first kappa shape index (κ1) is 10.1. The van der Waals surface area contributed by atoms with E-state index in [-0.39, 0.29) is 6.03 Å². The molecule has 0 aliphatic rings. The highest BCUT2D eigenvalue weighted by Crippen LogP contribution is 2.09. The number of carbonyl (C=O) groups is 1. The molecule has 0 unspecified atom stereocenters. The third-order valence-corrected chi connectivity index (χ3v) is 1.58. The van der Waals surface area contributed by atoms with Crippen LogP contribution < -0.4 is 16.4 Å². The van der Waals surface area contributed by atoms with E-state index in [1.165, 1.54) is 0 Å². The summed E-state index contributed by atoms with van der Waals surface area (Å²) in [4.78, 5) is 11.2. The van der Waals surface area contributed by atoms with Crippen LogP contribution in [-0.4, -0.2) is 12.6 Å². The minimum Gasteiger partial charge on any atom is -0.399 e. The lowest BCUT2D eigenvalue weighted by Crippen LogP contribution is -2.28. The zero-order valence-corrected chi connectivity index (χ0v) is 7.79. The van der Waals surface area contributed by atoms with Crippen LogP contribution in [-0.2, 0) is 0 Å². The highest BCUT2D eigenvalue weighted by atomic mass is 16.2. The molecule has 0 saturated heterocycles. The number of nitrogen functional groups attached to an aromatic ring is 1. The molecule has 2 amide bonds. The summed E-state index contributed by atoms with van der Waals surface area (Å²) in [5.41, 5.74) is 6.87.